The van der Waals surface area contributed by atoms with E-state index in [1.165, 1.54) is 0 Å². The first kappa shape index (κ1) is 20.4. The number of nitrogens with zero attached hydrogens (tertiary/aromatic N) is 1. The molecule has 2 amide bonds. The lowest BCUT2D eigenvalue weighted by Crippen LogP contribution is -2.46. The average Bonchev–Trinajstić information content (AvgIpc) is 2.50. The minimum atomic E-state index is -4.61. The summed E-state index contributed by atoms with van der Waals surface area (Å²) in [5.74, 6) is -2.68. The molecule has 1 heterocycles. The number of carbonyl (C=O) groups is 3. The van der Waals surface area contributed by atoms with Gasteiger partial charge in [-0.25, -0.2) is 4.79 Å². The largest absolute Gasteiger partial charge is 0.480 e. The molecule has 0 aliphatic carbocycles. The lowest BCUT2D eigenvalue weighted by molar-refractivity contribution is -0.142. The molecule has 0 aliphatic rings. The number of pyridine rings is 1. The quantitative estimate of drug-likeness (QED) is 0.681. The number of carboxylic acids is 1. The predicted octanol–water partition coefficient (Wildman–Crippen LogP) is 1.45. The number of hydrogen-bond donors (Lipinski definition) is 3. The van der Waals surface area contributed by atoms with Gasteiger partial charge in [-0.1, -0.05) is 13.8 Å². The van der Waals surface area contributed by atoms with Gasteiger partial charge in [-0.3, -0.25) is 14.6 Å². The van der Waals surface area contributed by atoms with Crippen molar-refractivity contribution in [2.75, 3.05) is 6.54 Å². The van der Waals surface area contributed by atoms with Crippen LogP contribution in [0.1, 0.15) is 36.3 Å². The normalized spacial score (nSPS) is 12.6. The van der Waals surface area contributed by atoms with Crippen molar-refractivity contribution in [1.82, 2.24) is 15.6 Å². The van der Waals surface area contributed by atoms with Crippen LogP contribution in [0.3, 0.4) is 0 Å². The van der Waals surface area contributed by atoms with E-state index in [-0.39, 0.29) is 17.9 Å². The number of hydrogen-bond acceptors (Lipinski definition) is 4. The first-order chi connectivity index (χ1) is 11.5. The molecule has 0 aromatic carbocycles. The van der Waals surface area contributed by atoms with Gasteiger partial charge in [0.25, 0.3) is 5.91 Å². The maximum absolute atomic E-state index is 12.4. The van der Waals surface area contributed by atoms with Crippen LogP contribution in [0.4, 0.5) is 13.2 Å². The molecule has 0 spiro atoms. The van der Waals surface area contributed by atoms with Crippen LogP contribution < -0.4 is 10.6 Å². The molecule has 0 bridgehead atoms. The molecule has 10 heteroatoms. The van der Waals surface area contributed by atoms with Crippen LogP contribution in [0.25, 0.3) is 0 Å². The van der Waals surface area contributed by atoms with E-state index in [0.717, 1.165) is 12.3 Å². The second-order valence-electron chi connectivity index (χ2n) is 5.70. The van der Waals surface area contributed by atoms with E-state index >= 15 is 0 Å². The number of halogens is 3. The van der Waals surface area contributed by atoms with Gasteiger partial charge in [0.1, 0.15) is 11.7 Å². The van der Waals surface area contributed by atoms with E-state index in [4.69, 9.17) is 5.11 Å². The molecule has 25 heavy (non-hydrogen) atoms. The Morgan fingerprint density at radius 3 is 2.32 bits per heavy atom. The van der Waals surface area contributed by atoms with Gasteiger partial charge >= 0.3 is 12.1 Å². The number of amides is 2. The minimum absolute atomic E-state index is 0.0363. The van der Waals surface area contributed by atoms with Gasteiger partial charge in [-0.2, -0.15) is 13.2 Å². The molecule has 3 N–H and O–H groups in total. The summed E-state index contributed by atoms with van der Waals surface area (Å²) >= 11 is 0. The summed E-state index contributed by atoms with van der Waals surface area (Å²) < 4.78 is 37.2. The second-order valence-corrected chi connectivity index (χ2v) is 5.70. The van der Waals surface area contributed by atoms with E-state index in [0.29, 0.717) is 6.07 Å². The SMILES string of the molecule is CC(C)C[C@H](NC(=O)CNC(=O)c1ccc(C(F)(F)F)nc1)C(=O)O. The van der Waals surface area contributed by atoms with Crippen LogP contribution in [-0.4, -0.2) is 40.5 Å². The fraction of sp³-hybridized carbons (Fsp3) is 0.467. The molecule has 1 aromatic heterocycles. The number of carboxylic acid groups (broad SMARTS) is 1. The summed E-state index contributed by atoms with van der Waals surface area (Å²) in [6.45, 7) is 3.07. The summed E-state index contributed by atoms with van der Waals surface area (Å²) in [5, 5.41) is 13.5. The van der Waals surface area contributed by atoms with Gasteiger partial charge < -0.3 is 15.7 Å². The van der Waals surface area contributed by atoms with Crippen LogP contribution in [0.15, 0.2) is 18.3 Å². The lowest BCUT2D eigenvalue weighted by atomic mass is 10.0. The zero-order valence-corrected chi connectivity index (χ0v) is 13.6. The zero-order valence-electron chi connectivity index (χ0n) is 13.6. The smallest absolute Gasteiger partial charge is 0.433 e. The van der Waals surface area contributed by atoms with Crippen molar-refractivity contribution in [2.45, 2.75) is 32.5 Å². The fourth-order valence-electron chi connectivity index (χ4n) is 1.90. The predicted molar refractivity (Wildman–Crippen MR) is 80.6 cm³/mol. The van der Waals surface area contributed by atoms with Gasteiger partial charge in [-0.05, 0) is 24.5 Å². The van der Waals surface area contributed by atoms with Gasteiger partial charge in [-0.15, -0.1) is 0 Å². The maximum atomic E-state index is 12.4. The van der Waals surface area contributed by atoms with E-state index < -0.39 is 42.2 Å². The Bertz CT molecular complexity index is 630. The molecule has 7 nitrogen and oxygen atoms in total. The first-order valence-electron chi connectivity index (χ1n) is 7.34. The molecular weight excluding hydrogens is 343 g/mol. The third kappa shape index (κ3) is 6.77. The van der Waals surface area contributed by atoms with Crippen molar-refractivity contribution in [3.05, 3.63) is 29.6 Å². The van der Waals surface area contributed by atoms with Gasteiger partial charge in [0, 0.05) is 6.20 Å². The van der Waals surface area contributed by atoms with Crippen molar-refractivity contribution in [1.29, 1.82) is 0 Å². The standard InChI is InChI=1S/C15H18F3N3O4/c1-8(2)5-10(14(24)25)21-12(22)7-20-13(23)9-3-4-11(19-6-9)15(16,17)18/h3-4,6,8,10H,5,7H2,1-2H3,(H,20,23)(H,21,22)(H,24,25)/t10-/m0/s1. The number of carbonyl (C=O) groups excluding carboxylic acids is 2. The van der Waals surface area contributed by atoms with Crippen LogP contribution in [0.2, 0.25) is 0 Å². The lowest BCUT2D eigenvalue weighted by Gasteiger charge is -2.16. The molecule has 1 atom stereocenters. The number of alkyl halides is 3. The second kappa shape index (κ2) is 8.45. The van der Waals surface area contributed by atoms with E-state index in [1.54, 1.807) is 13.8 Å². The molecule has 0 fully saturated rings. The fourth-order valence-corrected chi connectivity index (χ4v) is 1.90. The zero-order chi connectivity index (χ0) is 19.2. The Labute approximate surface area is 141 Å². The Kier molecular flexibility index (Phi) is 6.89. The summed E-state index contributed by atoms with van der Waals surface area (Å²) in [4.78, 5) is 37.7. The van der Waals surface area contributed by atoms with Gasteiger partial charge in [0.2, 0.25) is 5.91 Å². The first-order valence-corrected chi connectivity index (χ1v) is 7.34. The summed E-state index contributed by atoms with van der Waals surface area (Å²) in [6, 6.07) is 0.497. The van der Waals surface area contributed by atoms with Crippen molar-refractivity contribution in [3.63, 3.8) is 0 Å². The summed E-state index contributed by atoms with van der Waals surface area (Å²) in [5.41, 5.74) is -1.29. The van der Waals surface area contributed by atoms with E-state index in [2.05, 4.69) is 15.6 Å². The van der Waals surface area contributed by atoms with Gasteiger partial charge in [0.15, 0.2) is 0 Å². The van der Waals surface area contributed by atoms with Crippen LogP contribution >= 0.6 is 0 Å². The number of rotatable bonds is 7. The molecule has 0 saturated carbocycles. The summed E-state index contributed by atoms with van der Waals surface area (Å²) in [6.07, 6.45) is -3.65. The number of nitrogens with one attached hydrogen (secondary N) is 2. The Hall–Kier alpha value is -2.65. The van der Waals surface area contributed by atoms with Crippen LogP contribution in [0, 0.1) is 5.92 Å². The molecule has 0 radical (unpaired) electrons. The molecular formula is C15H18F3N3O4. The van der Waals surface area contributed by atoms with Crippen molar-refractivity contribution >= 4 is 17.8 Å². The monoisotopic (exact) mass is 361 g/mol. The van der Waals surface area contributed by atoms with E-state index in [9.17, 15) is 27.6 Å². The van der Waals surface area contributed by atoms with E-state index in [1.807, 2.05) is 0 Å². The topological polar surface area (TPSA) is 108 Å². The van der Waals surface area contributed by atoms with Crippen molar-refractivity contribution in [3.8, 4) is 0 Å². The Balaban J connectivity index is 2.58. The third-order valence-corrected chi connectivity index (χ3v) is 3.07. The summed E-state index contributed by atoms with van der Waals surface area (Å²) in [7, 11) is 0. The Morgan fingerprint density at radius 1 is 1.24 bits per heavy atom. The Morgan fingerprint density at radius 2 is 1.88 bits per heavy atom. The highest BCUT2D eigenvalue weighted by Crippen LogP contribution is 2.27. The average molecular weight is 361 g/mol. The third-order valence-electron chi connectivity index (χ3n) is 3.07. The highest BCUT2D eigenvalue weighted by Gasteiger charge is 2.32. The molecule has 0 unspecified atom stereocenters. The molecule has 0 saturated heterocycles. The van der Waals surface area contributed by atoms with Crippen molar-refractivity contribution < 1.29 is 32.7 Å². The highest BCUT2D eigenvalue weighted by molar-refractivity contribution is 5.96. The molecule has 0 aliphatic heterocycles. The maximum Gasteiger partial charge on any atom is 0.433 e. The molecule has 138 valence electrons. The molecule has 1 rings (SSSR count). The minimum Gasteiger partial charge on any atom is -0.480 e. The van der Waals surface area contributed by atoms with Crippen molar-refractivity contribution in [2.24, 2.45) is 5.92 Å². The van der Waals surface area contributed by atoms with Crippen LogP contribution in [0.5, 0.6) is 0 Å². The highest BCUT2D eigenvalue weighted by atomic mass is 19.4. The number of aliphatic carboxylic acids is 1. The molecule has 1 aromatic rings. The van der Waals surface area contributed by atoms with Crippen LogP contribution in [-0.2, 0) is 15.8 Å². The number of aromatic nitrogens is 1. The van der Waals surface area contributed by atoms with Gasteiger partial charge in [0.05, 0.1) is 12.1 Å².